The minimum absolute atomic E-state index is 0.178. The van der Waals surface area contributed by atoms with Gasteiger partial charge in [-0.15, -0.1) is 0 Å². The molecule has 19 heavy (non-hydrogen) atoms. The van der Waals surface area contributed by atoms with Gasteiger partial charge in [0.05, 0.1) is 0 Å². The first-order valence-corrected chi connectivity index (χ1v) is 8.15. The molecule has 0 aromatic carbocycles. The van der Waals surface area contributed by atoms with E-state index in [0.29, 0.717) is 6.61 Å². The molecule has 1 saturated carbocycles. The fourth-order valence-electron chi connectivity index (χ4n) is 4.08. The van der Waals surface area contributed by atoms with Gasteiger partial charge in [0.25, 0.3) is 0 Å². The van der Waals surface area contributed by atoms with Crippen LogP contribution in [0.15, 0.2) is 0 Å². The quantitative estimate of drug-likeness (QED) is 0.800. The van der Waals surface area contributed by atoms with Crippen LogP contribution < -0.4 is 0 Å². The van der Waals surface area contributed by atoms with Crippen LogP contribution in [-0.2, 0) is 0 Å². The van der Waals surface area contributed by atoms with Crippen LogP contribution in [0.3, 0.4) is 0 Å². The zero-order valence-electron chi connectivity index (χ0n) is 12.9. The van der Waals surface area contributed by atoms with E-state index in [4.69, 9.17) is 0 Å². The van der Waals surface area contributed by atoms with Crippen molar-refractivity contribution in [1.82, 2.24) is 9.80 Å². The summed E-state index contributed by atoms with van der Waals surface area (Å²) in [6, 6.07) is 0. The van der Waals surface area contributed by atoms with Gasteiger partial charge in [-0.05, 0) is 51.7 Å². The minimum atomic E-state index is 0.178. The van der Waals surface area contributed by atoms with Gasteiger partial charge in [0.15, 0.2) is 0 Å². The molecule has 3 heteroatoms. The van der Waals surface area contributed by atoms with E-state index in [9.17, 15) is 5.11 Å². The smallest absolute Gasteiger partial charge is 0.0499 e. The summed E-state index contributed by atoms with van der Waals surface area (Å²) in [7, 11) is 2.23. The normalized spacial score (nSPS) is 33.2. The second-order valence-corrected chi connectivity index (χ2v) is 7.15. The molecule has 1 saturated heterocycles. The number of likely N-dealkylation sites (tertiary alicyclic amines) is 1. The van der Waals surface area contributed by atoms with Crippen molar-refractivity contribution >= 4 is 0 Å². The number of aliphatic hydroxyl groups excluding tert-OH is 1. The highest BCUT2D eigenvalue weighted by Crippen LogP contribution is 2.39. The van der Waals surface area contributed by atoms with Crippen LogP contribution in [0.1, 0.15) is 45.4 Å². The molecule has 3 nitrogen and oxygen atoms in total. The summed E-state index contributed by atoms with van der Waals surface area (Å²) in [6.07, 6.45) is 7.81. The van der Waals surface area contributed by atoms with E-state index in [2.05, 4.69) is 23.8 Å². The Morgan fingerprint density at radius 1 is 1.26 bits per heavy atom. The summed E-state index contributed by atoms with van der Waals surface area (Å²) in [5, 5.41) is 9.85. The van der Waals surface area contributed by atoms with E-state index in [0.717, 1.165) is 19.0 Å². The Balaban J connectivity index is 1.76. The molecule has 0 aromatic heterocycles. The summed E-state index contributed by atoms with van der Waals surface area (Å²) in [4.78, 5) is 5.03. The lowest BCUT2D eigenvalue weighted by Gasteiger charge is -2.41. The maximum Gasteiger partial charge on any atom is 0.0499 e. The standard InChI is InChI=1S/C16H32N2O/c1-15-6-5-7-16(12-15,14-19)13-17(2)10-11-18-8-3-4-9-18/h15,19H,3-14H2,1-2H3. The van der Waals surface area contributed by atoms with Crippen molar-refractivity contribution in [2.24, 2.45) is 11.3 Å². The first-order chi connectivity index (χ1) is 9.13. The van der Waals surface area contributed by atoms with Gasteiger partial charge in [-0.25, -0.2) is 0 Å². The molecule has 112 valence electrons. The second kappa shape index (κ2) is 7.05. The topological polar surface area (TPSA) is 26.7 Å². The van der Waals surface area contributed by atoms with Crippen molar-refractivity contribution in [3.63, 3.8) is 0 Å². The van der Waals surface area contributed by atoms with Crippen molar-refractivity contribution in [3.8, 4) is 0 Å². The highest BCUT2D eigenvalue weighted by atomic mass is 16.3. The molecule has 2 rings (SSSR count). The minimum Gasteiger partial charge on any atom is -0.396 e. The van der Waals surface area contributed by atoms with Gasteiger partial charge >= 0.3 is 0 Å². The molecule has 1 aliphatic heterocycles. The van der Waals surface area contributed by atoms with Crippen molar-refractivity contribution < 1.29 is 5.11 Å². The molecule has 0 bridgehead atoms. The molecule has 2 unspecified atom stereocenters. The zero-order valence-corrected chi connectivity index (χ0v) is 12.9. The zero-order chi connectivity index (χ0) is 13.7. The fourth-order valence-corrected chi connectivity index (χ4v) is 4.08. The number of hydrogen-bond donors (Lipinski definition) is 1. The van der Waals surface area contributed by atoms with Gasteiger partial charge in [0.1, 0.15) is 0 Å². The highest BCUT2D eigenvalue weighted by Gasteiger charge is 2.35. The molecule has 1 heterocycles. The van der Waals surface area contributed by atoms with Gasteiger partial charge < -0.3 is 14.9 Å². The third-order valence-electron chi connectivity index (χ3n) is 5.12. The third-order valence-corrected chi connectivity index (χ3v) is 5.12. The molecule has 0 aromatic rings. The van der Waals surface area contributed by atoms with Crippen LogP contribution in [-0.4, -0.2) is 61.3 Å². The summed E-state index contributed by atoms with van der Waals surface area (Å²) >= 11 is 0. The average molecular weight is 268 g/mol. The Labute approximate surface area is 119 Å². The molecule has 1 N–H and O–H groups in total. The molecule has 0 radical (unpaired) electrons. The first-order valence-electron chi connectivity index (χ1n) is 8.15. The summed E-state index contributed by atoms with van der Waals surface area (Å²) in [6.45, 7) is 8.70. The van der Waals surface area contributed by atoms with E-state index in [1.54, 1.807) is 0 Å². The first kappa shape index (κ1) is 15.3. The van der Waals surface area contributed by atoms with Crippen molar-refractivity contribution in [2.45, 2.75) is 45.4 Å². The van der Waals surface area contributed by atoms with Gasteiger partial charge in [0.2, 0.25) is 0 Å². The lowest BCUT2D eigenvalue weighted by atomic mass is 9.70. The number of likely N-dealkylation sites (N-methyl/N-ethyl adjacent to an activating group) is 1. The Kier molecular flexibility index (Phi) is 5.67. The third kappa shape index (κ3) is 4.44. The maximum atomic E-state index is 9.85. The van der Waals surface area contributed by atoms with E-state index in [1.807, 2.05) is 0 Å². The number of aliphatic hydroxyl groups is 1. The van der Waals surface area contributed by atoms with Crippen molar-refractivity contribution in [3.05, 3.63) is 0 Å². The van der Waals surface area contributed by atoms with Crippen LogP contribution in [0.2, 0.25) is 0 Å². The SMILES string of the molecule is CC1CCCC(CO)(CN(C)CCN2CCCC2)C1. The molecule has 0 amide bonds. The summed E-state index contributed by atoms with van der Waals surface area (Å²) < 4.78 is 0. The predicted octanol–water partition coefficient (Wildman–Crippen LogP) is 2.20. The molecule has 2 aliphatic rings. The Bertz CT molecular complexity index is 265. The molecule has 2 atom stereocenters. The van der Waals surface area contributed by atoms with Gasteiger partial charge in [-0.2, -0.15) is 0 Å². The van der Waals surface area contributed by atoms with Gasteiger partial charge in [-0.1, -0.05) is 19.8 Å². The lowest BCUT2D eigenvalue weighted by Crippen LogP contribution is -2.43. The van der Waals surface area contributed by atoms with E-state index < -0.39 is 0 Å². The van der Waals surface area contributed by atoms with Crippen LogP contribution in [0.4, 0.5) is 0 Å². The van der Waals surface area contributed by atoms with Crippen LogP contribution in [0.25, 0.3) is 0 Å². The maximum absolute atomic E-state index is 9.85. The summed E-state index contributed by atoms with van der Waals surface area (Å²) in [5.74, 6) is 0.785. The largest absolute Gasteiger partial charge is 0.396 e. The Morgan fingerprint density at radius 3 is 2.63 bits per heavy atom. The Morgan fingerprint density at radius 2 is 2.00 bits per heavy atom. The molecule has 0 spiro atoms. The molecule has 1 aliphatic carbocycles. The number of nitrogens with zero attached hydrogens (tertiary/aromatic N) is 2. The molecular weight excluding hydrogens is 236 g/mol. The predicted molar refractivity (Wildman–Crippen MR) is 80.3 cm³/mol. The average Bonchev–Trinajstić information content (AvgIpc) is 2.89. The van der Waals surface area contributed by atoms with Gasteiger partial charge in [0, 0.05) is 31.7 Å². The van der Waals surface area contributed by atoms with Crippen molar-refractivity contribution in [2.75, 3.05) is 46.4 Å². The van der Waals surface area contributed by atoms with Crippen LogP contribution >= 0.6 is 0 Å². The lowest BCUT2D eigenvalue weighted by molar-refractivity contribution is 0.0292. The summed E-state index contributed by atoms with van der Waals surface area (Å²) in [5.41, 5.74) is 0.178. The number of rotatable bonds is 6. The molecular formula is C16H32N2O. The van der Waals surface area contributed by atoms with Crippen molar-refractivity contribution in [1.29, 1.82) is 0 Å². The van der Waals surface area contributed by atoms with Crippen LogP contribution in [0, 0.1) is 11.3 Å². The Hall–Kier alpha value is -0.120. The molecule has 2 fully saturated rings. The second-order valence-electron chi connectivity index (χ2n) is 7.15. The monoisotopic (exact) mass is 268 g/mol. The number of hydrogen-bond acceptors (Lipinski definition) is 3. The van der Waals surface area contributed by atoms with E-state index in [-0.39, 0.29) is 5.41 Å². The highest BCUT2D eigenvalue weighted by molar-refractivity contribution is 4.87. The van der Waals surface area contributed by atoms with E-state index in [1.165, 1.54) is 58.2 Å². The van der Waals surface area contributed by atoms with Gasteiger partial charge in [-0.3, -0.25) is 0 Å². The van der Waals surface area contributed by atoms with Crippen LogP contribution in [0.5, 0.6) is 0 Å². The van der Waals surface area contributed by atoms with E-state index >= 15 is 0 Å². The fraction of sp³-hybridized carbons (Fsp3) is 1.00.